The van der Waals surface area contributed by atoms with Crippen LogP contribution in [0.25, 0.3) is 0 Å². The summed E-state index contributed by atoms with van der Waals surface area (Å²) < 4.78 is 43.3. The Morgan fingerprint density at radius 2 is 1.88 bits per heavy atom. The van der Waals surface area contributed by atoms with Crippen LogP contribution in [-0.2, 0) is 14.8 Å². The van der Waals surface area contributed by atoms with Crippen molar-refractivity contribution in [3.05, 3.63) is 57.0 Å². The summed E-state index contributed by atoms with van der Waals surface area (Å²) in [5, 5.41) is 13.0. The van der Waals surface area contributed by atoms with Gasteiger partial charge in [-0.2, -0.15) is 0 Å². The van der Waals surface area contributed by atoms with E-state index in [0.29, 0.717) is 22.1 Å². The number of sulfonamides is 1. The van der Waals surface area contributed by atoms with Gasteiger partial charge in [0, 0.05) is 0 Å². The van der Waals surface area contributed by atoms with Gasteiger partial charge in [0.2, 0.25) is 0 Å². The number of halogens is 2. The predicted octanol–water partition coefficient (Wildman–Crippen LogP) is 2.20. The third kappa shape index (κ3) is 10.7. The molecule has 41 heavy (non-hydrogen) atoms. The summed E-state index contributed by atoms with van der Waals surface area (Å²) >= 11 is 0.0131. The number of nitrogens with zero attached hydrogens (tertiary/aromatic N) is 2. The number of rotatable bonds is 16. The molecule has 2 aromatic carbocycles. The molecule has 1 atom stereocenters. The summed E-state index contributed by atoms with van der Waals surface area (Å²) in [5.74, 6) is -0.438. The van der Waals surface area contributed by atoms with Gasteiger partial charge >= 0.3 is 258 Å². The fraction of sp³-hybridized carbons (Fsp3) is 0.536. The van der Waals surface area contributed by atoms with Crippen molar-refractivity contribution < 1.29 is 47.4 Å². The van der Waals surface area contributed by atoms with Crippen LogP contribution in [0.1, 0.15) is 58.3 Å². The summed E-state index contributed by atoms with van der Waals surface area (Å²) in [6.07, 6.45) is 4.83. The van der Waals surface area contributed by atoms with E-state index in [1.165, 1.54) is 12.1 Å². The second kappa shape index (κ2) is 16.0. The molecule has 3 N–H and O–H groups in total. The Balaban J connectivity index is 1.80. The first-order chi connectivity index (χ1) is 19.5. The molecule has 0 aliphatic heterocycles. The molecule has 0 bridgehead atoms. The molecule has 2 aromatic rings. The molecule has 0 saturated heterocycles. The van der Waals surface area contributed by atoms with E-state index >= 15 is 4.39 Å². The van der Waals surface area contributed by atoms with Crippen LogP contribution in [0.5, 0.6) is 0 Å². The number of benzene rings is 2. The molecule has 0 unspecified atom stereocenters. The number of unbranched alkanes of at least 4 members (excludes halogenated alkanes) is 1. The van der Waals surface area contributed by atoms with E-state index in [4.69, 9.17) is 0 Å². The molecular formula is C28H40FIN4O5S2. The SMILES string of the molecule is CCCCN(C)CC[C@H](CSc1ccccc1)Nc1ccc(S(=O)(=O)NC(=O)C2(F)CCCCC2)cc1[I-][N+](=O)O. The van der Waals surface area contributed by atoms with Crippen LogP contribution < -0.4 is 31.5 Å². The van der Waals surface area contributed by atoms with E-state index in [2.05, 4.69) is 24.2 Å². The molecule has 13 heteroatoms. The molecule has 228 valence electrons. The summed E-state index contributed by atoms with van der Waals surface area (Å²) in [5.41, 5.74) is -1.67. The number of alkyl halides is 1. The number of hydrogen-bond acceptors (Lipinski definition) is 7. The number of anilines is 1. The minimum absolute atomic E-state index is 0.0143. The Hall–Kier alpha value is -1.97. The standard InChI is InChI=1S/C28H40FIN4O5S2/c1-3-4-18-33(2)19-15-22(21-40-23-11-7-5-8-12-23)31-26-14-13-24(20-25(26)30-34(36)37)41(38,39)32-27(35)28(29)16-9-6-10-17-28/h5,7-8,11-14,20,22,31H,3-4,6,9-10,15-19,21H2,1-2H3,(H,32,35)(H,36,37)/t22-/m1/s1. The molecule has 1 fully saturated rings. The van der Waals surface area contributed by atoms with Crippen molar-refractivity contribution in [1.29, 1.82) is 0 Å². The van der Waals surface area contributed by atoms with Gasteiger partial charge in [0.25, 0.3) is 0 Å². The number of amides is 1. The van der Waals surface area contributed by atoms with Crippen LogP contribution in [0.15, 0.2) is 58.3 Å². The number of carbonyl (C=O) groups excluding carboxylic acids is 1. The average Bonchev–Trinajstić information content (AvgIpc) is 2.94. The fourth-order valence-corrected chi connectivity index (χ4v) is 8.37. The summed E-state index contributed by atoms with van der Waals surface area (Å²) in [6.45, 7) is 3.98. The third-order valence-electron chi connectivity index (χ3n) is 7.00. The van der Waals surface area contributed by atoms with Crippen molar-refractivity contribution in [3.8, 4) is 0 Å². The molecule has 0 radical (unpaired) electrons. The first kappa shape index (κ1) is 33.5. The molecule has 0 aromatic heterocycles. The molecule has 1 amide bonds. The number of hydrogen-bond donors (Lipinski definition) is 3. The van der Waals surface area contributed by atoms with Crippen molar-refractivity contribution >= 4 is 33.4 Å². The van der Waals surface area contributed by atoms with Gasteiger partial charge in [-0.05, 0) is 0 Å². The second-order valence-corrected chi connectivity index (χ2v) is 15.6. The molecule has 0 spiro atoms. The topological polar surface area (TPSA) is 119 Å². The quantitative estimate of drug-likeness (QED) is 0.105. The maximum absolute atomic E-state index is 15.1. The summed E-state index contributed by atoms with van der Waals surface area (Å²) in [6, 6.07) is 14.1. The van der Waals surface area contributed by atoms with Gasteiger partial charge in [-0.25, -0.2) is 0 Å². The predicted molar refractivity (Wildman–Crippen MR) is 154 cm³/mol. The van der Waals surface area contributed by atoms with Crippen LogP contribution in [0.3, 0.4) is 0 Å². The summed E-state index contributed by atoms with van der Waals surface area (Å²) in [4.78, 5) is 27.4. The van der Waals surface area contributed by atoms with Crippen LogP contribution >= 0.6 is 11.8 Å². The molecule has 3 rings (SSSR count). The zero-order valence-corrected chi connectivity index (χ0v) is 27.3. The van der Waals surface area contributed by atoms with E-state index in [-0.39, 0.29) is 26.9 Å². The van der Waals surface area contributed by atoms with E-state index in [1.54, 1.807) is 17.8 Å². The Kier molecular flexibility index (Phi) is 13.1. The Bertz CT molecular complexity index is 1260. The number of thioether (sulfide) groups is 1. The van der Waals surface area contributed by atoms with Crippen molar-refractivity contribution in [2.45, 2.75) is 79.8 Å². The van der Waals surface area contributed by atoms with Crippen LogP contribution in [0.4, 0.5) is 10.1 Å². The summed E-state index contributed by atoms with van der Waals surface area (Å²) in [7, 11) is -2.31. The Labute approximate surface area is 257 Å². The normalized spacial score (nSPS) is 15.9. The zero-order chi connectivity index (χ0) is 29.9. The van der Waals surface area contributed by atoms with Gasteiger partial charge in [-0.1, -0.05) is 0 Å². The van der Waals surface area contributed by atoms with E-state index in [0.717, 1.165) is 49.4 Å². The first-order valence-corrected chi connectivity index (χ1v) is 18.4. The van der Waals surface area contributed by atoms with Crippen LogP contribution in [0, 0.1) is 8.48 Å². The first-order valence-electron chi connectivity index (χ1n) is 13.9. The van der Waals surface area contributed by atoms with Crippen molar-refractivity contribution in [2.24, 2.45) is 0 Å². The second-order valence-electron chi connectivity index (χ2n) is 10.3. The molecule has 1 saturated carbocycles. The zero-order valence-electron chi connectivity index (χ0n) is 23.5. The van der Waals surface area contributed by atoms with Gasteiger partial charge < -0.3 is 0 Å². The Morgan fingerprint density at radius 3 is 2.54 bits per heavy atom. The number of nitrogens with one attached hydrogen (secondary N) is 2. The minimum atomic E-state index is -4.39. The van der Waals surface area contributed by atoms with Crippen LogP contribution in [-0.4, -0.2) is 65.2 Å². The van der Waals surface area contributed by atoms with Gasteiger partial charge in [-0.3, -0.25) is 0 Å². The molecule has 0 heterocycles. The Morgan fingerprint density at radius 1 is 1.17 bits per heavy atom. The van der Waals surface area contributed by atoms with Gasteiger partial charge in [-0.15, -0.1) is 0 Å². The van der Waals surface area contributed by atoms with Crippen LogP contribution in [0.2, 0.25) is 0 Å². The van der Waals surface area contributed by atoms with Crippen molar-refractivity contribution in [1.82, 2.24) is 9.62 Å². The molecular weight excluding hydrogens is 682 g/mol. The van der Waals surface area contributed by atoms with E-state index < -0.39 is 43.1 Å². The van der Waals surface area contributed by atoms with Crippen molar-refractivity contribution in [2.75, 3.05) is 31.2 Å². The third-order valence-corrected chi connectivity index (χ3v) is 11.3. The van der Waals surface area contributed by atoms with E-state index in [9.17, 15) is 23.3 Å². The number of carbonyl (C=O) groups is 1. The van der Waals surface area contributed by atoms with Gasteiger partial charge in [0.1, 0.15) is 0 Å². The van der Waals surface area contributed by atoms with Gasteiger partial charge in [0.15, 0.2) is 0 Å². The van der Waals surface area contributed by atoms with Gasteiger partial charge in [0.05, 0.1) is 0 Å². The molecule has 1 aliphatic carbocycles. The molecule has 1 aliphatic rings. The van der Waals surface area contributed by atoms with Crippen molar-refractivity contribution in [3.63, 3.8) is 0 Å². The average molecular weight is 723 g/mol. The monoisotopic (exact) mass is 722 g/mol. The molecule has 9 nitrogen and oxygen atoms in total. The van der Waals surface area contributed by atoms with E-state index in [1.807, 2.05) is 35.1 Å². The fourth-order valence-electron chi connectivity index (χ4n) is 4.59. The maximum atomic E-state index is 15.1.